The van der Waals surface area contributed by atoms with Crippen molar-refractivity contribution in [3.63, 3.8) is 0 Å². The highest BCUT2D eigenvalue weighted by Gasteiger charge is 2.23. The fourth-order valence-electron chi connectivity index (χ4n) is 3.08. The van der Waals surface area contributed by atoms with Crippen LogP contribution in [0.1, 0.15) is 38.2 Å². The van der Waals surface area contributed by atoms with E-state index in [0.29, 0.717) is 35.6 Å². The number of nitro benzene ring substituents is 1. The molecule has 2 atom stereocenters. The number of methoxy groups -OCH3 is 2. The van der Waals surface area contributed by atoms with E-state index in [1.807, 2.05) is 0 Å². The quantitative estimate of drug-likeness (QED) is 0.645. The van der Waals surface area contributed by atoms with Crippen LogP contribution < -0.4 is 14.8 Å². The third-order valence-electron chi connectivity index (χ3n) is 4.45. The summed E-state index contributed by atoms with van der Waals surface area (Å²) >= 11 is 0. The first-order chi connectivity index (χ1) is 10.6. The molecule has 1 fully saturated rings. The number of benzene rings is 1. The molecule has 122 valence electrons. The predicted octanol–water partition coefficient (Wildman–Crippen LogP) is 3.28. The van der Waals surface area contributed by atoms with Crippen molar-refractivity contribution in [2.24, 2.45) is 5.92 Å². The molecule has 0 radical (unpaired) electrons. The van der Waals surface area contributed by atoms with Crippen LogP contribution in [0.3, 0.4) is 0 Å². The normalized spacial score (nSPS) is 21.4. The Bertz CT molecular complexity index is 533. The third kappa shape index (κ3) is 3.68. The molecule has 1 aromatic rings. The lowest BCUT2D eigenvalue weighted by Gasteiger charge is -2.29. The fourth-order valence-corrected chi connectivity index (χ4v) is 3.08. The first-order valence-electron chi connectivity index (χ1n) is 7.69. The molecule has 2 rings (SSSR count). The van der Waals surface area contributed by atoms with Gasteiger partial charge in [0.15, 0.2) is 11.5 Å². The van der Waals surface area contributed by atoms with Gasteiger partial charge in [0.25, 0.3) is 5.69 Å². The van der Waals surface area contributed by atoms with E-state index < -0.39 is 0 Å². The van der Waals surface area contributed by atoms with Crippen molar-refractivity contribution in [2.45, 2.75) is 45.2 Å². The molecular weight excluding hydrogens is 284 g/mol. The predicted molar refractivity (Wildman–Crippen MR) is 84.5 cm³/mol. The molecule has 0 spiro atoms. The van der Waals surface area contributed by atoms with Crippen LogP contribution in [-0.4, -0.2) is 25.2 Å². The number of nitrogens with zero attached hydrogens (tertiary/aromatic N) is 1. The van der Waals surface area contributed by atoms with Crippen molar-refractivity contribution in [2.75, 3.05) is 14.2 Å². The van der Waals surface area contributed by atoms with Gasteiger partial charge in [0, 0.05) is 18.2 Å². The van der Waals surface area contributed by atoms with Gasteiger partial charge in [-0.1, -0.05) is 19.8 Å². The smallest absolute Gasteiger partial charge is 0.277 e. The Morgan fingerprint density at radius 1 is 1.23 bits per heavy atom. The maximum absolute atomic E-state index is 11.3. The van der Waals surface area contributed by atoms with Crippen molar-refractivity contribution in [1.82, 2.24) is 5.32 Å². The van der Waals surface area contributed by atoms with Crippen LogP contribution in [0.15, 0.2) is 12.1 Å². The van der Waals surface area contributed by atoms with Gasteiger partial charge >= 0.3 is 0 Å². The zero-order valence-corrected chi connectivity index (χ0v) is 13.4. The second-order valence-electron chi connectivity index (χ2n) is 5.84. The van der Waals surface area contributed by atoms with Crippen LogP contribution in [0.5, 0.6) is 11.5 Å². The van der Waals surface area contributed by atoms with E-state index in [0.717, 1.165) is 6.42 Å². The summed E-state index contributed by atoms with van der Waals surface area (Å²) < 4.78 is 10.4. The fraction of sp³-hybridized carbons (Fsp3) is 0.625. The summed E-state index contributed by atoms with van der Waals surface area (Å²) in [6.07, 6.45) is 4.83. The lowest BCUT2D eigenvalue weighted by atomic mass is 9.86. The SMILES string of the molecule is COc1cc(CN[C@@H]2CCCC[C@@H]2C)c([N+](=O)[O-])cc1OC. The second-order valence-corrected chi connectivity index (χ2v) is 5.84. The molecule has 0 aromatic heterocycles. The molecule has 0 saturated heterocycles. The molecule has 0 bridgehead atoms. The number of hydrogen-bond donors (Lipinski definition) is 1. The Kier molecular flexibility index (Phi) is 5.60. The molecule has 1 aliphatic rings. The van der Waals surface area contributed by atoms with Crippen LogP contribution in [0, 0.1) is 16.0 Å². The van der Waals surface area contributed by atoms with Crippen molar-refractivity contribution >= 4 is 5.69 Å². The molecule has 1 saturated carbocycles. The number of rotatable bonds is 6. The Morgan fingerprint density at radius 3 is 2.45 bits per heavy atom. The Morgan fingerprint density at radius 2 is 1.86 bits per heavy atom. The summed E-state index contributed by atoms with van der Waals surface area (Å²) in [6.45, 7) is 2.70. The average Bonchev–Trinajstić information content (AvgIpc) is 2.53. The van der Waals surface area contributed by atoms with Crippen LogP contribution in [0.4, 0.5) is 5.69 Å². The van der Waals surface area contributed by atoms with Crippen LogP contribution >= 0.6 is 0 Å². The molecule has 1 aliphatic carbocycles. The number of ether oxygens (including phenoxy) is 2. The molecule has 1 N–H and O–H groups in total. The van der Waals surface area contributed by atoms with Crippen molar-refractivity contribution < 1.29 is 14.4 Å². The molecule has 22 heavy (non-hydrogen) atoms. The van der Waals surface area contributed by atoms with E-state index in [1.54, 1.807) is 6.07 Å². The van der Waals surface area contributed by atoms with E-state index in [4.69, 9.17) is 9.47 Å². The van der Waals surface area contributed by atoms with Gasteiger partial charge in [-0.2, -0.15) is 0 Å². The lowest BCUT2D eigenvalue weighted by Crippen LogP contribution is -2.36. The van der Waals surface area contributed by atoms with Gasteiger partial charge in [-0.15, -0.1) is 0 Å². The van der Waals surface area contributed by atoms with Crippen molar-refractivity contribution in [3.8, 4) is 11.5 Å². The molecular formula is C16H24N2O4. The lowest BCUT2D eigenvalue weighted by molar-refractivity contribution is -0.385. The topological polar surface area (TPSA) is 73.6 Å². The van der Waals surface area contributed by atoms with Gasteiger partial charge in [-0.25, -0.2) is 0 Å². The van der Waals surface area contributed by atoms with Gasteiger partial charge in [-0.05, 0) is 24.8 Å². The van der Waals surface area contributed by atoms with Gasteiger partial charge in [-0.3, -0.25) is 10.1 Å². The molecule has 0 aliphatic heterocycles. The number of nitro groups is 1. The second kappa shape index (κ2) is 7.45. The molecule has 0 amide bonds. The summed E-state index contributed by atoms with van der Waals surface area (Å²) in [5.41, 5.74) is 0.689. The zero-order valence-electron chi connectivity index (χ0n) is 13.4. The number of nitrogens with one attached hydrogen (secondary N) is 1. The largest absolute Gasteiger partial charge is 0.493 e. The standard InChI is InChI=1S/C16H24N2O4/c1-11-6-4-5-7-13(11)17-10-12-8-15(21-2)16(22-3)9-14(12)18(19)20/h8-9,11,13,17H,4-7,10H2,1-3H3/t11-,13+/m0/s1. The van der Waals surface area contributed by atoms with E-state index in [1.165, 1.54) is 39.5 Å². The van der Waals surface area contributed by atoms with Gasteiger partial charge in [0.2, 0.25) is 0 Å². The molecule has 1 aromatic carbocycles. The summed E-state index contributed by atoms with van der Waals surface area (Å²) in [7, 11) is 3.01. The minimum Gasteiger partial charge on any atom is -0.493 e. The summed E-state index contributed by atoms with van der Waals surface area (Å²) in [5, 5.41) is 14.8. The minimum atomic E-state index is -0.372. The highest BCUT2D eigenvalue weighted by Crippen LogP contribution is 2.34. The summed E-state index contributed by atoms with van der Waals surface area (Å²) in [4.78, 5) is 10.9. The molecule has 6 heteroatoms. The highest BCUT2D eigenvalue weighted by atomic mass is 16.6. The third-order valence-corrected chi connectivity index (χ3v) is 4.45. The average molecular weight is 308 g/mol. The van der Waals surface area contributed by atoms with Crippen molar-refractivity contribution in [1.29, 1.82) is 0 Å². The van der Waals surface area contributed by atoms with Crippen LogP contribution in [-0.2, 0) is 6.54 Å². The van der Waals surface area contributed by atoms with E-state index >= 15 is 0 Å². The summed E-state index contributed by atoms with van der Waals surface area (Å²) in [5.74, 6) is 1.50. The van der Waals surface area contributed by atoms with E-state index in [2.05, 4.69) is 12.2 Å². The Hall–Kier alpha value is -1.82. The van der Waals surface area contributed by atoms with Crippen LogP contribution in [0.2, 0.25) is 0 Å². The minimum absolute atomic E-state index is 0.0635. The highest BCUT2D eigenvalue weighted by molar-refractivity contribution is 5.54. The first kappa shape index (κ1) is 16.5. The van der Waals surface area contributed by atoms with E-state index in [-0.39, 0.29) is 10.6 Å². The van der Waals surface area contributed by atoms with Crippen LogP contribution in [0.25, 0.3) is 0 Å². The molecule has 6 nitrogen and oxygen atoms in total. The summed E-state index contributed by atoms with van der Waals surface area (Å²) in [6, 6.07) is 3.54. The maximum atomic E-state index is 11.3. The Labute approximate surface area is 131 Å². The van der Waals surface area contributed by atoms with E-state index in [9.17, 15) is 10.1 Å². The Balaban J connectivity index is 2.19. The van der Waals surface area contributed by atoms with Gasteiger partial charge in [0.05, 0.1) is 25.2 Å². The maximum Gasteiger partial charge on any atom is 0.277 e. The molecule has 0 unspecified atom stereocenters. The van der Waals surface area contributed by atoms with Crippen molar-refractivity contribution in [3.05, 3.63) is 27.8 Å². The van der Waals surface area contributed by atoms with Gasteiger partial charge in [0.1, 0.15) is 0 Å². The zero-order chi connectivity index (χ0) is 16.1. The van der Waals surface area contributed by atoms with Gasteiger partial charge < -0.3 is 14.8 Å². The monoisotopic (exact) mass is 308 g/mol. The number of hydrogen-bond acceptors (Lipinski definition) is 5. The first-order valence-corrected chi connectivity index (χ1v) is 7.69. The molecule has 0 heterocycles.